The summed E-state index contributed by atoms with van der Waals surface area (Å²) in [6.45, 7) is 2.11. The van der Waals surface area contributed by atoms with E-state index in [0.29, 0.717) is 0 Å². The lowest BCUT2D eigenvalue weighted by molar-refractivity contribution is -0.142. The molecule has 0 saturated heterocycles. The number of carbonyl (C=O) groups is 1. The van der Waals surface area contributed by atoms with Crippen molar-refractivity contribution in [3.63, 3.8) is 0 Å². The Labute approximate surface area is 84.3 Å². The van der Waals surface area contributed by atoms with Gasteiger partial charge < -0.3 is 9.47 Å². The molecule has 84 valence electrons. The van der Waals surface area contributed by atoms with Gasteiger partial charge in [0, 0.05) is 7.11 Å². The molecule has 0 spiro atoms. The molecular weight excluding hydrogens is 208 g/mol. The Morgan fingerprint density at radius 3 is 2.43 bits per heavy atom. The molecule has 0 rings (SSSR count). The van der Waals surface area contributed by atoms with E-state index in [-0.39, 0.29) is 31.1 Å². The van der Waals surface area contributed by atoms with E-state index in [1.165, 1.54) is 7.11 Å². The third-order valence-corrected chi connectivity index (χ3v) is 3.14. The molecule has 0 unspecified atom stereocenters. The number of hydrogen-bond donors (Lipinski definition) is 0. The molecule has 0 radical (unpaired) electrons. The highest BCUT2D eigenvalue weighted by Gasteiger charge is 2.13. The third-order valence-electron chi connectivity index (χ3n) is 1.52. The van der Waals surface area contributed by atoms with Crippen LogP contribution in [0.5, 0.6) is 0 Å². The van der Waals surface area contributed by atoms with Crippen LogP contribution in [-0.4, -0.2) is 46.2 Å². The summed E-state index contributed by atoms with van der Waals surface area (Å²) in [4.78, 5) is 10.8. The van der Waals surface area contributed by atoms with Gasteiger partial charge in [0.25, 0.3) is 0 Å². The minimum atomic E-state index is -3.18. The Kier molecular flexibility index (Phi) is 6.48. The maximum Gasteiger partial charge on any atom is 0.306 e. The molecule has 0 aliphatic rings. The van der Waals surface area contributed by atoms with Gasteiger partial charge in [0.15, 0.2) is 9.84 Å². The van der Waals surface area contributed by atoms with Crippen molar-refractivity contribution in [2.75, 3.05) is 31.8 Å². The molecule has 0 saturated carbocycles. The van der Waals surface area contributed by atoms with Crippen molar-refractivity contribution < 1.29 is 22.7 Å². The number of hydrogen-bond acceptors (Lipinski definition) is 5. The predicted octanol–water partition coefficient (Wildman–Crippen LogP) is 0.000800. The van der Waals surface area contributed by atoms with Crippen molar-refractivity contribution in [3.05, 3.63) is 0 Å². The van der Waals surface area contributed by atoms with E-state index >= 15 is 0 Å². The lowest BCUT2D eigenvalue weighted by Crippen LogP contribution is -2.18. The van der Waals surface area contributed by atoms with Gasteiger partial charge in [-0.1, -0.05) is 0 Å². The first-order chi connectivity index (χ1) is 6.52. The van der Waals surface area contributed by atoms with Gasteiger partial charge in [-0.15, -0.1) is 0 Å². The largest absolute Gasteiger partial charge is 0.466 e. The molecule has 0 aliphatic heterocycles. The van der Waals surface area contributed by atoms with E-state index in [4.69, 9.17) is 0 Å². The smallest absolute Gasteiger partial charge is 0.306 e. The number of rotatable bonds is 7. The minimum absolute atomic E-state index is 0.0527. The minimum Gasteiger partial charge on any atom is -0.466 e. The second kappa shape index (κ2) is 6.78. The molecule has 0 bridgehead atoms. The van der Waals surface area contributed by atoms with E-state index in [9.17, 15) is 13.2 Å². The molecule has 0 heterocycles. The van der Waals surface area contributed by atoms with Crippen molar-refractivity contribution >= 4 is 15.8 Å². The van der Waals surface area contributed by atoms with Gasteiger partial charge in [-0.3, -0.25) is 4.79 Å². The van der Waals surface area contributed by atoms with E-state index in [1.807, 2.05) is 0 Å². The molecule has 0 aromatic rings. The second-order valence-electron chi connectivity index (χ2n) is 2.70. The zero-order valence-corrected chi connectivity index (χ0v) is 9.30. The topological polar surface area (TPSA) is 69.7 Å². The molecule has 0 N–H and O–H groups in total. The first kappa shape index (κ1) is 13.4. The predicted molar refractivity (Wildman–Crippen MR) is 51.8 cm³/mol. The number of ether oxygens (including phenoxy) is 2. The average Bonchev–Trinajstić information content (AvgIpc) is 2.13. The highest BCUT2D eigenvalue weighted by atomic mass is 32.2. The van der Waals surface area contributed by atoms with Crippen LogP contribution in [0.25, 0.3) is 0 Å². The quantitative estimate of drug-likeness (QED) is 0.569. The van der Waals surface area contributed by atoms with Crippen molar-refractivity contribution in [2.24, 2.45) is 0 Å². The normalized spacial score (nSPS) is 11.3. The summed E-state index contributed by atoms with van der Waals surface area (Å²) in [6, 6.07) is 0. The van der Waals surface area contributed by atoms with Gasteiger partial charge in [-0.2, -0.15) is 0 Å². The van der Waals surface area contributed by atoms with Crippen molar-refractivity contribution in [1.29, 1.82) is 0 Å². The second-order valence-corrected chi connectivity index (χ2v) is 5.00. The van der Waals surface area contributed by atoms with E-state index in [2.05, 4.69) is 9.47 Å². The van der Waals surface area contributed by atoms with Crippen LogP contribution >= 0.6 is 0 Å². The van der Waals surface area contributed by atoms with Crippen LogP contribution in [0, 0.1) is 0 Å². The summed E-state index contributed by atoms with van der Waals surface area (Å²) in [7, 11) is -1.75. The first-order valence-electron chi connectivity index (χ1n) is 4.37. The monoisotopic (exact) mass is 224 g/mol. The van der Waals surface area contributed by atoms with Crippen LogP contribution in [0.15, 0.2) is 0 Å². The zero-order chi connectivity index (χ0) is 11.0. The van der Waals surface area contributed by atoms with Crippen LogP contribution < -0.4 is 0 Å². The average molecular weight is 224 g/mol. The maximum absolute atomic E-state index is 11.2. The summed E-state index contributed by atoms with van der Waals surface area (Å²) in [5.74, 6) is -0.702. The fourth-order valence-electron chi connectivity index (χ4n) is 0.784. The molecular formula is C8H16O5S. The van der Waals surface area contributed by atoms with Gasteiger partial charge in [0.05, 0.1) is 31.1 Å². The van der Waals surface area contributed by atoms with E-state index < -0.39 is 15.8 Å². The maximum atomic E-state index is 11.2. The summed E-state index contributed by atoms with van der Waals surface area (Å²) < 4.78 is 31.7. The van der Waals surface area contributed by atoms with Crippen molar-refractivity contribution in [1.82, 2.24) is 0 Å². The van der Waals surface area contributed by atoms with Gasteiger partial charge in [-0.05, 0) is 6.92 Å². The zero-order valence-electron chi connectivity index (χ0n) is 8.49. The van der Waals surface area contributed by atoms with Crippen LogP contribution in [0.4, 0.5) is 0 Å². The highest BCUT2D eigenvalue weighted by molar-refractivity contribution is 7.91. The number of esters is 1. The molecule has 0 atom stereocenters. The summed E-state index contributed by atoms with van der Waals surface area (Å²) in [6.07, 6.45) is -0.0834. The Hall–Kier alpha value is -0.620. The fraction of sp³-hybridized carbons (Fsp3) is 0.875. The molecule has 0 fully saturated rings. The molecule has 6 heteroatoms. The van der Waals surface area contributed by atoms with Crippen molar-refractivity contribution in [3.8, 4) is 0 Å². The molecule has 0 aromatic heterocycles. The van der Waals surface area contributed by atoms with Gasteiger partial charge in [0.2, 0.25) is 0 Å². The molecule has 0 amide bonds. The molecule has 14 heavy (non-hydrogen) atoms. The van der Waals surface area contributed by atoms with Crippen LogP contribution in [0.3, 0.4) is 0 Å². The Morgan fingerprint density at radius 1 is 1.29 bits per heavy atom. The Bertz CT molecular complexity index is 257. The van der Waals surface area contributed by atoms with Crippen LogP contribution in [0.2, 0.25) is 0 Å². The van der Waals surface area contributed by atoms with Crippen LogP contribution in [-0.2, 0) is 24.1 Å². The van der Waals surface area contributed by atoms with Crippen molar-refractivity contribution in [2.45, 2.75) is 13.3 Å². The molecule has 5 nitrogen and oxygen atoms in total. The van der Waals surface area contributed by atoms with E-state index in [1.54, 1.807) is 6.92 Å². The summed E-state index contributed by atoms with van der Waals surface area (Å²) in [5.41, 5.74) is 0. The summed E-state index contributed by atoms with van der Waals surface area (Å²) in [5, 5.41) is 0. The highest BCUT2D eigenvalue weighted by Crippen LogP contribution is 1.96. The third kappa shape index (κ3) is 6.85. The van der Waals surface area contributed by atoms with Crippen LogP contribution in [0.1, 0.15) is 13.3 Å². The molecule has 0 aromatic carbocycles. The SMILES string of the molecule is CCOC(=O)CCS(=O)(=O)CCOC. The number of carbonyl (C=O) groups excluding carboxylic acids is 1. The Balaban J connectivity index is 3.81. The van der Waals surface area contributed by atoms with Gasteiger partial charge in [-0.25, -0.2) is 8.42 Å². The lowest BCUT2D eigenvalue weighted by Gasteiger charge is -2.03. The number of sulfone groups is 1. The summed E-state index contributed by atoms with van der Waals surface area (Å²) >= 11 is 0. The molecule has 0 aliphatic carbocycles. The standard InChI is InChI=1S/C8H16O5S/c1-3-13-8(9)4-6-14(10,11)7-5-12-2/h3-7H2,1-2H3. The fourth-order valence-corrected chi connectivity index (χ4v) is 1.89. The number of methoxy groups -OCH3 is 1. The first-order valence-corrected chi connectivity index (χ1v) is 6.19. The Morgan fingerprint density at radius 2 is 1.93 bits per heavy atom. The lowest BCUT2D eigenvalue weighted by atomic mass is 10.5. The van der Waals surface area contributed by atoms with Gasteiger partial charge >= 0.3 is 5.97 Å². The van der Waals surface area contributed by atoms with E-state index in [0.717, 1.165) is 0 Å². The van der Waals surface area contributed by atoms with Gasteiger partial charge in [0.1, 0.15) is 0 Å².